The van der Waals surface area contributed by atoms with Crippen LogP contribution in [0.5, 0.6) is 5.75 Å². The van der Waals surface area contributed by atoms with Crippen molar-refractivity contribution < 1.29 is 9.47 Å². The fraction of sp³-hybridized carbons (Fsp3) is 0.263. The third kappa shape index (κ3) is 2.74. The van der Waals surface area contributed by atoms with Gasteiger partial charge in [0, 0.05) is 12.1 Å². The van der Waals surface area contributed by atoms with E-state index >= 15 is 0 Å². The normalized spacial score (nSPS) is 20.4. The highest BCUT2D eigenvalue weighted by molar-refractivity contribution is 7.17. The second-order valence-electron chi connectivity index (χ2n) is 5.74. The van der Waals surface area contributed by atoms with Gasteiger partial charge in [-0.05, 0) is 35.5 Å². The Kier molecular flexibility index (Phi) is 4.04. The molecule has 1 aliphatic rings. The zero-order valence-electron chi connectivity index (χ0n) is 13.0. The van der Waals surface area contributed by atoms with Crippen LogP contribution in [-0.4, -0.2) is 19.7 Å². The van der Waals surface area contributed by atoms with Gasteiger partial charge in [0.1, 0.15) is 11.9 Å². The van der Waals surface area contributed by atoms with Gasteiger partial charge in [-0.15, -0.1) is 11.3 Å². The summed E-state index contributed by atoms with van der Waals surface area (Å²) in [5.41, 5.74) is 2.44. The smallest absolute Gasteiger partial charge is 0.151 e. The maximum absolute atomic E-state index is 6.46. The number of rotatable bonds is 4. The van der Waals surface area contributed by atoms with E-state index in [1.54, 1.807) is 11.3 Å². The van der Waals surface area contributed by atoms with Crippen LogP contribution >= 0.6 is 11.3 Å². The molecule has 0 saturated heterocycles. The molecule has 0 spiro atoms. The molecule has 1 aromatic heterocycles. The van der Waals surface area contributed by atoms with E-state index in [0.29, 0.717) is 6.61 Å². The lowest BCUT2D eigenvalue weighted by atomic mass is 9.96. The number of nitrogens with one attached hydrogen (secondary N) is 1. The van der Waals surface area contributed by atoms with Crippen molar-refractivity contribution in [1.29, 1.82) is 0 Å². The highest BCUT2D eigenvalue weighted by Gasteiger charge is 2.32. The number of likely N-dealkylation sites (N-methyl/N-ethyl adjacent to an activating group) is 1. The van der Waals surface area contributed by atoms with Crippen LogP contribution in [0, 0.1) is 0 Å². The Hall–Kier alpha value is -1.88. The lowest BCUT2D eigenvalue weighted by Gasteiger charge is -2.34. The van der Waals surface area contributed by atoms with Crippen molar-refractivity contribution in [3.63, 3.8) is 0 Å². The summed E-state index contributed by atoms with van der Waals surface area (Å²) in [4.78, 5) is 0. The summed E-state index contributed by atoms with van der Waals surface area (Å²) in [6.07, 6.45) is -0.0924. The van der Waals surface area contributed by atoms with Crippen LogP contribution in [0.4, 0.5) is 0 Å². The van der Waals surface area contributed by atoms with Gasteiger partial charge in [0.05, 0.1) is 11.3 Å². The minimum atomic E-state index is -0.0971. The average molecular weight is 325 g/mol. The number of ether oxygens (including phenoxy) is 2. The van der Waals surface area contributed by atoms with E-state index in [4.69, 9.17) is 9.47 Å². The van der Waals surface area contributed by atoms with Crippen LogP contribution in [0.1, 0.15) is 17.2 Å². The fourth-order valence-corrected chi connectivity index (χ4v) is 3.98. The topological polar surface area (TPSA) is 30.5 Å². The summed E-state index contributed by atoms with van der Waals surface area (Å²) in [5, 5.41) is 6.54. The molecule has 2 atom stereocenters. The van der Waals surface area contributed by atoms with E-state index in [1.807, 2.05) is 19.2 Å². The van der Waals surface area contributed by atoms with Gasteiger partial charge in [0.2, 0.25) is 0 Å². The van der Waals surface area contributed by atoms with Gasteiger partial charge in [0.25, 0.3) is 0 Å². The highest BCUT2D eigenvalue weighted by Crippen LogP contribution is 2.37. The lowest BCUT2D eigenvalue weighted by Crippen LogP contribution is -2.38. The van der Waals surface area contributed by atoms with Crippen LogP contribution in [-0.2, 0) is 11.3 Å². The molecule has 0 unspecified atom stereocenters. The van der Waals surface area contributed by atoms with Crippen molar-refractivity contribution in [3.05, 3.63) is 65.0 Å². The van der Waals surface area contributed by atoms with Crippen LogP contribution in [0.15, 0.2) is 53.9 Å². The molecule has 0 fully saturated rings. The standard InChI is InChI=1S/C19H19NO2S/c1-20-11-17-18(15-7-3-2-5-14(15)12-21-17)22-16-8-4-6-13-9-10-23-19(13)16/h2-10,17-18,20H,11-12H2,1H3/t17-,18+/m1/s1. The molecule has 4 rings (SSSR count). The van der Waals surface area contributed by atoms with Crippen molar-refractivity contribution in [1.82, 2.24) is 5.32 Å². The number of benzene rings is 2. The minimum Gasteiger partial charge on any atom is -0.481 e. The lowest BCUT2D eigenvalue weighted by molar-refractivity contribution is -0.0491. The van der Waals surface area contributed by atoms with E-state index in [9.17, 15) is 0 Å². The van der Waals surface area contributed by atoms with Gasteiger partial charge in [-0.2, -0.15) is 0 Å². The quantitative estimate of drug-likeness (QED) is 0.782. The fourth-order valence-electron chi connectivity index (χ4n) is 3.13. The monoisotopic (exact) mass is 325 g/mol. The minimum absolute atomic E-state index is 0.00474. The molecule has 4 heteroatoms. The Balaban J connectivity index is 1.73. The van der Waals surface area contributed by atoms with Crippen LogP contribution in [0.2, 0.25) is 0 Å². The van der Waals surface area contributed by atoms with Crippen molar-refractivity contribution in [2.24, 2.45) is 0 Å². The highest BCUT2D eigenvalue weighted by atomic mass is 32.1. The SMILES string of the molecule is CNC[C@H]1OCc2ccccc2[C@@H]1Oc1cccc2ccsc12. The number of fused-ring (bicyclic) bond motifs is 2. The van der Waals surface area contributed by atoms with Gasteiger partial charge in [0.15, 0.2) is 6.10 Å². The zero-order chi connectivity index (χ0) is 15.6. The van der Waals surface area contributed by atoms with Gasteiger partial charge in [-0.25, -0.2) is 0 Å². The van der Waals surface area contributed by atoms with E-state index in [0.717, 1.165) is 12.3 Å². The number of thiophene rings is 1. The first-order chi connectivity index (χ1) is 11.4. The third-order valence-corrected chi connectivity index (χ3v) is 5.20. The largest absolute Gasteiger partial charge is 0.481 e. The molecule has 0 aliphatic carbocycles. The molecule has 0 saturated carbocycles. The van der Waals surface area contributed by atoms with Crippen molar-refractivity contribution >= 4 is 21.4 Å². The Bertz CT molecular complexity index is 814. The first-order valence-electron chi connectivity index (χ1n) is 7.83. The van der Waals surface area contributed by atoms with Crippen molar-refractivity contribution in [2.45, 2.75) is 18.8 Å². The summed E-state index contributed by atoms with van der Waals surface area (Å²) >= 11 is 1.72. The Labute approximate surface area is 139 Å². The average Bonchev–Trinajstić information content (AvgIpc) is 3.07. The molecule has 0 bridgehead atoms. The van der Waals surface area contributed by atoms with E-state index in [1.165, 1.54) is 21.2 Å². The summed E-state index contributed by atoms with van der Waals surface area (Å²) < 4.78 is 13.7. The van der Waals surface area contributed by atoms with Gasteiger partial charge in [-0.1, -0.05) is 36.4 Å². The van der Waals surface area contributed by atoms with Crippen LogP contribution < -0.4 is 10.1 Å². The van der Waals surface area contributed by atoms with Crippen LogP contribution in [0.3, 0.4) is 0 Å². The number of hydrogen-bond donors (Lipinski definition) is 1. The first-order valence-corrected chi connectivity index (χ1v) is 8.71. The molecule has 2 aromatic carbocycles. The summed E-state index contributed by atoms with van der Waals surface area (Å²) in [6, 6.07) is 16.7. The second-order valence-corrected chi connectivity index (χ2v) is 6.66. The zero-order valence-corrected chi connectivity index (χ0v) is 13.8. The predicted molar refractivity (Wildman–Crippen MR) is 94.1 cm³/mol. The second kappa shape index (κ2) is 6.32. The summed E-state index contributed by atoms with van der Waals surface area (Å²) in [7, 11) is 1.95. The molecule has 3 nitrogen and oxygen atoms in total. The molecule has 118 valence electrons. The first kappa shape index (κ1) is 14.7. The van der Waals surface area contributed by atoms with E-state index in [-0.39, 0.29) is 12.2 Å². The molecule has 1 N–H and O–H groups in total. The molecule has 1 aliphatic heterocycles. The maximum atomic E-state index is 6.46. The van der Waals surface area contributed by atoms with Crippen molar-refractivity contribution in [2.75, 3.05) is 13.6 Å². The van der Waals surface area contributed by atoms with Crippen LogP contribution in [0.25, 0.3) is 10.1 Å². The number of hydrogen-bond acceptors (Lipinski definition) is 4. The van der Waals surface area contributed by atoms with Gasteiger partial charge in [-0.3, -0.25) is 0 Å². The summed E-state index contributed by atoms with van der Waals surface area (Å²) in [6.45, 7) is 1.41. The maximum Gasteiger partial charge on any atom is 0.151 e. The predicted octanol–water partition coefficient (Wildman–Crippen LogP) is 4.14. The molecule has 0 radical (unpaired) electrons. The third-order valence-electron chi connectivity index (χ3n) is 4.25. The van der Waals surface area contributed by atoms with E-state index in [2.05, 4.69) is 47.1 Å². The van der Waals surface area contributed by atoms with Gasteiger partial charge < -0.3 is 14.8 Å². The van der Waals surface area contributed by atoms with E-state index < -0.39 is 0 Å². The van der Waals surface area contributed by atoms with Crippen molar-refractivity contribution in [3.8, 4) is 5.75 Å². The summed E-state index contributed by atoms with van der Waals surface area (Å²) in [5.74, 6) is 0.934. The Morgan fingerprint density at radius 1 is 1.17 bits per heavy atom. The molecular weight excluding hydrogens is 306 g/mol. The molecule has 23 heavy (non-hydrogen) atoms. The Morgan fingerprint density at radius 2 is 2.09 bits per heavy atom. The molecule has 3 aromatic rings. The Morgan fingerprint density at radius 3 is 3.00 bits per heavy atom. The van der Waals surface area contributed by atoms with Gasteiger partial charge >= 0.3 is 0 Å². The molecule has 2 heterocycles. The molecular formula is C19H19NO2S. The molecule has 0 amide bonds.